The van der Waals surface area contributed by atoms with Crippen molar-refractivity contribution in [2.24, 2.45) is 0 Å². The van der Waals surface area contributed by atoms with Crippen LogP contribution in [0.4, 0.5) is 0 Å². The van der Waals surface area contributed by atoms with Crippen LogP contribution < -0.4 is 0 Å². The quantitative estimate of drug-likeness (QED) is 0.814. The summed E-state index contributed by atoms with van der Waals surface area (Å²) in [5.74, 6) is 3.00. The molecule has 76 valence electrons. The predicted octanol–water partition coefficient (Wildman–Crippen LogP) is 2.70. The van der Waals surface area contributed by atoms with Gasteiger partial charge in [-0.3, -0.25) is 4.21 Å². The van der Waals surface area contributed by atoms with Gasteiger partial charge in [0.1, 0.15) is 3.91 Å². The van der Waals surface area contributed by atoms with E-state index in [4.69, 9.17) is 0 Å². The molecule has 0 aliphatic carbocycles. The molecule has 2 rings (SSSR count). The van der Waals surface area contributed by atoms with Gasteiger partial charge in [0.15, 0.2) is 0 Å². The fraction of sp³-hybridized carbons (Fsp3) is 0.400. The normalized spacial score (nSPS) is 19.7. The molecule has 1 saturated heterocycles. The third kappa shape index (κ3) is 2.78. The van der Waals surface area contributed by atoms with Crippen molar-refractivity contribution in [1.29, 1.82) is 0 Å². The molecule has 4 heteroatoms. The molecule has 0 saturated carbocycles. The van der Waals surface area contributed by atoms with Crippen molar-refractivity contribution >= 4 is 34.3 Å². The number of hydrogen-bond acceptors (Lipinski definition) is 3. The van der Waals surface area contributed by atoms with E-state index in [0.29, 0.717) is 9.67 Å². The van der Waals surface area contributed by atoms with Crippen molar-refractivity contribution in [2.45, 2.75) is 9.67 Å². The molecular weight excluding hydrogens is 232 g/mol. The van der Waals surface area contributed by atoms with Crippen LogP contribution in [0.15, 0.2) is 30.3 Å². The lowest BCUT2D eigenvalue weighted by atomic mass is 10.2. The second-order valence-electron chi connectivity index (χ2n) is 3.04. The lowest BCUT2D eigenvalue weighted by molar-refractivity contribution is 0.685. The SMILES string of the molecule is O=S(Cc1ccccc1)C1SCCS1. The summed E-state index contributed by atoms with van der Waals surface area (Å²) in [6, 6.07) is 10.1. The summed E-state index contributed by atoms with van der Waals surface area (Å²) < 4.78 is 12.2. The zero-order chi connectivity index (χ0) is 9.80. The first-order valence-electron chi connectivity index (χ1n) is 4.50. The summed E-state index contributed by atoms with van der Waals surface area (Å²) in [6.07, 6.45) is 0. The van der Waals surface area contributed by atoms with Crippen molar-refractivity contribution < 1.29 is 4.21 Å². The van der Waals surface area contributed by atoms with Crippen LogP contribution in [0.5, 0.6) is 0 Å². The van der Waals surface area contributed by atoms with E-state index < -0.39 is 10.8 Å². The molecule has 1 unspecified atom stereocenters. The van der Waals surface area contributed by atoms with Gasteiger partial charge in [0.2, 0.25) is 0 Å². The molecule has 1 nitrogen and oxygen atoms in total. The van der Waals surface area contributed by atoms with Gasteiger partial charge in [-0.15, -0.1) is 23.5 Å². The highest BCUT2D eigenvalue weighted by atomic mass is 32.3. The van der Waals surface area contributed by atoms with E-state index in [1.807, 2.05) is 53.9 Å². The van der Waals surface area contributed by atoms with Gasteiger partial charge in [-0.1, -0.05) is 30.3 Å². The van der Waals surface area contributed by atoms with E-state index in [1.165, 1.54) is 5.56 Å². The molecule has 0 amide bonds. The molecule has 1 aliphatic rings. The Morgan fingerprint density at radius 3 is 2.50 bits per heavy atom. The summed E-state index contributed by atoms with van der Waals surface area (Å²) in [4.78, 5) is 0. The van der Waals surface area contributed by atoms with E-state index >= 15 is 0 Å². The standard InChI is InChI=1S/C10H12OS3/c11-14(10-12-6-7-13-10)8-9-4-2-1-3-5-9/h1-5,10H,6-8H2. The van der Waals surface area contributed by atoms with E-state index in [9.17, 15) is 4.21 Å². The third-order valence-corrected chi connectivity index (χ3v) is 7.61. The van der Waals surface area contributed by atoms with E-state index in [0.717, 1.165) is 11.5 Å². The smallest absolute Gasteiger partial charge is 0.126 e. The highest BCUT2D eigenvalue weighted by Crippen LogP contribution is 2.35. The van der Waals surface area contributed by atoms with Gasteiger partial charge in [0.25, 0.3) is 0 Å². The molecule has 1 aromatic carbocycles. The minimum Gasteiger partial charge on any atom is -0.257 e. The fourth-order valence-electron chi connectivity index (χ4n) is 1.30. The highest BCUT2D eigenvalue weighted by Gasteiger charge is 2.22. The van der Waals surface area contributed by atoms with Crippen LogP contribution in [0, 0.1) is 0 Å². The summed E-state index contributed by atoms with van der Waals surface area (Å²) in [6.45, 7) is 0. The topological polar surface area (TPSA) is 17.1 Å². The van der Waals surface area contributed by atoms with Crippen LogP contribution in [0.2, 0.25) is 0 Å². The van der Waals surface area contributed by atoms with Gasteiger partial charge >= 0.3 is 0 Å². The van der Waals surface area contributed by atoms with Crippen LogP contribution >= 0.6 is 23.5 Å². The molecule has 1 fully saturated rings. The summed E-state index contributed by atoms with van der Waals surface area (Å²) in [7, 11) is -0.720. The maximum atomic E-state index is 11.9. The summed E-state index contributed by atoms with van der Waals surface area (Å²) in [5.41, 5.74) is 1.18. The van der Waals surface area contributed by atoms with Crippen LogP contribution in [0.1, 0.15) is 5.56 Å². The van der Waals surface area contributed by atoms with Crippen molar-refractivity contribution in [3.63, 3.8) is 0 Å². The largest absolute Gasteiger partial charge is 0.257 e. The molecule has 1 aromatic rings. The molecule has 0 spiro atoms. The van der Waals surface area contributed by atoms with Gasteiger partial charge in [0, 0.05) is 22.3 Å². The number of thioether (sulfide) groups is 2. The Balaban J connectivity index is 1.94. The molecule has 0 radical (unpaired) electrons. The molecule has 0 N–H and O–H groups in total. The number of rotatable bonds is 3. The molecule has 1 atom stereocenters. The maximum Gasteiger partial charge on any atom is 0.126 e. The average Bonchev–Trinajstić information content (AvgIpc) is 2.72. The Morgan fingerprint density at radius 1 is 1.21 bits per heavy atom. The van der Waals surface area contributed by atoms with E-state index in [1.54, 1.807) is 0 Å². The van der Waals surface area contributed by atoms with Crippen molar-refractivity contribution in [3.8, 4) is 0 Å². The van der Waals surface area contributed by atoms with Gasteiger partial charge in [-0.05, 0) is 5.56 Å². The number of benzene rings is 1. The lowest BCUT2D eigenvalue weighted by Gasteiger charge is -2.07. The Bertz CT molecular complexity index is 306. The second kappa shape index (κ2) is 5.24. The molecule has 0 aromatic heterocycles. The minimum atomic E-state index is -0.720. The summed E-state index contributed by atoms with van der Waals surface area (Å²) >= 11 is 3.67. The molecule has 14 heavy (non-hydrogen) atoms. The average molecular weight is 244 g/mol. The molecule has 1 heterocycles. The van der Waals surface area contributed by atoms with Crippen LogP contribution in [-0.2, 0) is 16.6 Å². The monoisotopic (exact) mass is 244 g/mol. The lowest BCUT2D eigenvalue weighted by Crippen LogP contribution is -2.05. The Hall–Kier alpha value is 0.0700. The van der Waals surface area contributed by atoms with Gasteiger partial charge in [0.05, 0.1) is 5.75 Å². The van der Waals surface area contributed by atoms with Crippen molar-refractivity contribution in [2.75, 3.05) is 11.5 Å². The first kappa shape index (κ1) is 10.6. The Morgan fingerprint density at radius 2 is 1.86 bits per heavy atom. The highest BCUT2D eigenvalue weighted by molar-refractivity contribution is 8.30. The molecule has 1 aliphatic heterocycles. The fourth-order valence-corrected chi connectivity index (χ4v) is 6.27. The van der Waals surface area contributed by atoms with Crippen LogP contribution in [-0.4, -0.2) is 19.6 Å². The van der Waals surface area contributed by atoms with Gasteiger partial charge < -0.3 is 0 Å². The van der Waals surface area contributed by atoms with E-state index in [-0.39, 0.29) is 0 Å². The second-order valence-corrected chi connectivity index (χ2v) is 7.88. The van der Waals surface area contributed by atoms with Gasteiger partial charge in [-0.2, -0.15) is 0 Å². The van der Waals surface area contributed by atoms with Crippen molar-refractivity contribution in [3.05, 3.63) is 35.9 Å². The molecule has 0 bridgehead atoms. The Labute approximate surface area is 95.5 Å². The number of hydrogen-bond donors (Lipinski definition) is 0. The zero-order valence-corrected chi connectivity index (χ0v) is 10.2. The minimum absolute atomic E-state index is 0.301. The maximum absolute atomic E-state index is 11.9. The van der Waals surface area contributed by atoms with Gasteiger partial charge in [-0.25, -0.2) is 0 Å². The molecular formula is C10H12OS3. The zero-order valence-electron chi connectivity index (χ0n) is 7.72. The summed E-state index contributed by atoms with van der Waals surface area (Å²) in [5, 5.41) is 0. The van der Waals surface area contributed by atoms with E-state index in [2.05, 4.69) is 0 Å². The van der Waals surface area contributed by atoms with Crippen LogP contribution in [0.25, 0.3) is 0 Å². The first-order chi connectivity index (χ1) is 6.86. The van der Waals surface area contributed by atoms with Crippen molar-refractivity contribution in [1.82, 2.24) is 0 Å². The third-order valence-electron chi connectivity index (χ3n) is 1.96. The van der Waals surface area contributed by atoms with Crippen LogP contribution in [0.3, 0.4) is 0 Å². The Kier molecular flexibility index (Phi) is 3.96. The first-order valence-corrected chi connectivity index (χ1v) is 7.98. The predicted molar refractivity (Wildman–Crippen MR) is 67.0 cm³/mol.